The van der Waals surface area contributed by atoms with E-state index in [1.807, 2.05) is 13.8 Å². The molecule has 1 aliphatic heterocycles. The van der Waals surface area contributed by atoms with Crippen molar-refractivity contribution in [2.24, 2.45) is 0 Å². The van der Waals surface area contributed by atoms with E-state index in [1.54, 1.807) is 4.90 Å². The molecule has 5 nitrogen and oxygen atoms in total. The molecular weight excluding hydrogens is 252 g/mol. The number of hydrogen-bond donors (Lipinski definition) is 1. The van der Waals surface area contributed by atoms with Crippen molar-refractivity contribution in [2.75, 3.05) is 25.1 Å². The molecule has 0 aromatic rings. The second kappa shape index (κ2) is 5.84. The average molecular weight is 271 g/mol. The molecule has 0 aromatic carbocycles. The van der Waals surface area contributed by atoms with Gasteiger partial charge >= 0.3 is 0 Å². The molecule has 2 atom stereocenters. The molecule has 2 unspecified atom stereocenters. The van der Waals surface area contributed by atoms with E-state index in [0.717, 1.165) is 12.8 Å². The lowest BCUT2D eigenvalue weighted by molar-refractivity contribution is -0.131. The maximum absolute atomic E-state index is 11.7. The Balaban J connectivity index is 0.00000225. The maximum Gasteiger partial charge on any atom is 0.238 e. The summed E-state index contributed by atoms with van der Waals surface area (Å²) in [6, 6.07) is 0.292. The largest absolute Gasteiger partial charge is 0.336 e. The summed E-state index contributed by atoms with van der Waals surface area (Å²) in [6.45, 7) is 5.19. The predicted molar refractivity (Wildman–Crippen MR) is 65.6 cm³/mol. The molecule has 0 aliphatic carbocycles. The highest BCUT2D eigenvalue weighted by Gasteiger charge is 2.28. The van der Waals surface area contributed by atoms with Crippen molar-refractivity contribution in [1.82, 2.24) is 10.2 Å². The fourth-order valence-electron chi connectivity index (χ4n) is 1.68. The Labute approximate surface area is 103 Å². The topological polar surface area (TPSA) is 66.5 Å². The fourth-order valence-corrected chi connectivity index (χ4v) is 2.29. The van der Waals surface area contributed by atoms with Gasteiger partial charge in [-0.2, -0.15) is 0 Å². The van der Waals surface area contributed by atoms with Crippen LogP contribution in [0.1, 0.15) is 13.8 Å². The number of rotatable bonds is 2. The first-order valence-corrected chi connectivity index (χ1v) is 7.06. The van der Waals surface area contributed by atoms with Crippen LogP contribution in [-0.2, 0) is 14.6 Å². The van der Waals surface area contributed by atoms with Gasteiger partial charge in [0.1, 0.15) is 5.75 Å². The lowest BCUT2D eigenvalue weighted by Gasteiger charge is -2.37. The smallest absolute Gasteiger partial charge is 0.238 e. The highest BCUT2D eigenvalue weighted by molar-refractivity contribution is 7.91. The highest BCUT2D eigenvalue weighted by Crippen LogP contribution is 2.07. The first kappa shape index (κ1) is 15.7. The monoisotopic (exact) mass is 270 g/mol. The fraction of sp³-hybridized carbons (Fsp3) is 0.889. The van der Waals surface area contributed by atoms with E-state index in [9.17, 15) is 13.2 Å². The van der Waals surface area contributed by atoms with Crippen LogP contribution in [0.2, 0.25) is 0 Å². The quantitative estimate of drug-likeness (QED) is 0.746. The Bertz CT molecular complexity index is 345. The number of piperazine rings is 1. The minimum absolute atomic E-state index is 0. The molecule has 0 bridgehead atoms. The molecule has 16 heavy (non-hydrogen) atoms. The van der Waals surface area contributed by atoms with Crippen molar-refractivity contribution in [3.05, 3.63) is 0 Å². The molecule has 1 saturated heterocycles. The van der Waals surface area contributed by atoms with Crippen LogP contribution in [0.25, 0.3) is 0 Å². The molecule has 7 heteroatoms. The van der Waals surface area contributed by atoms with Gasteiger partial charge in [0.2, 0.25) is 5.91 Å². The van der Waals surface area contributed by atoms with Crippen LogP contribution < -0.4 is 5.32 Å². The third-order valence-electron chi connectivity index (χ3n) is 2.47. The van der Waals surface area contributed by atoms with Crippen LogP contribution in [0.3, 0.4) is 0 Å². The van der Waals surface area contributed by atoms with Gasteiger partial charge in [0.25, 0.3) is 0 Å². The molecule has 96 valence electrons. The number of halogens is 1. The number of hydrogen-bond acceptors (Lipinski definition) is 4. The lowest BCUT2D eigenvalue weighted by atomic mass is 10.1. The summed E-state index contributed by atoms with van der Waals surface area (Å²) in [5.74, 6) is -0.678. The summed E-state index contributed by atoms with van der Waals surface area (Å²) in [4.78, 5) is 13.3. The maximum atomic E-state index is 11.7. The summed E-state index contributed by atoms with van der Waals surface area (Å²) in [7, 11) is -3.23. The molecular formula is C9H19ClN2O3S. The number of amides is 1. The van der Waals surface area contributed by atoms with Gasteiger partial charge in [-0.3, -0.25) is 4.79 Å². The molecule has 1 amide bonds. The minimum Gasteiger partial charge on any atom is -0.336 e. The molecule has 1 fully saturated rings. The van der Waals surface area contributed by atoms with Gasteiger partial charge in [0, 0.05) is 31.4 Å². The van der Waals surface area contributed by atoms with Gasteiger partial charge in [0.05, 0.1) is 0 Å². The van der Waals surface area contributed by atoms with Crippen LogP contribution in [0.5, 0.6) is 0 Å². The Morgan fingerprint density at radius 2 is 2.00 bits per heavy atom. The zero-order valence-corrected chi connectivity index (χ0v) is 11.4. The first-order valence-electron chi connectivity index (χ1n) is 5.00. The number of carbonyl (C=O) groups is 1. The second-order valence-corrected chi connectivity index (χ2v) is 6.41. The van der Waals surface area contributed by atoms with E-state index in [-0.39, 0.29) is 36.2 Å². The number of nitrogens with zero attached hydrogens (tertiary/aromatic N) is 1. The Morgan fingerprint density at radius 1 is 1.44 bits per heavy atom. The molecule has 1 heterocycles. The SMILES string of the molecule is CC1CN(C(=O)CS(C)(=O)=O)C(C)CN1.Cl. The zero-order valence-electron chi connectivity index (χ0n) is 9.76. The van der Waals surface area contributed by atoms with E-state index < -0.39 is 9.84 Å². The van der Waals surface area contributed by atoms with Crippen LogP contribution in [0, 0.1) is 0 Å². The molecule has 0 radical (unpaired) electrons. The van der Waals surface area contributed by atoms with E-state index in [2.05, 4.69) is 5.32 Å². The van der Waals surface area contributed by atoms with Crippen molar-refractivity contribution in [3.8, 4) is 0 Å². The van der Waals surface area contributed by atoms with Crippen LogP contribution in [0.4, 0.5) is 0 Å². The van der Waals surface area contributed by atoms with Crippen LogP contribution >= 0.6 is 12.4 Å². The summed E-state index contributed by atoms with van der Waals surface area (Å²) < 4.78 is 22.0. The number of carbonyl (C=O) groups excluding carboxylic acids is 1. The van der Waals surface area contributed by atoms with Crippen LogP contribution in [0.15, 0.2) is 0 Å². The standard InChI is InChI=1S/C9H18N2O3S.ClH/c1-7-5-11(8(2)4-10-7)9(12)6-15(3,13)14;/h7-8,10H,4-6H2,1-3H3;1H. The molecule has 1 rings (SSSR count). The number of sulfone groups is 1. The van der Waals surface area contributed by atoms with Gasteiger partial charge < -0.3 is 10.2 Å². The molecule has 0 saturated carbocycles. The predicted octanol–water partition coefficient (Wildman–Crippen LogP) is -0.338. The summed E-state index contributed by atoms with van der Waals surface area (Å²) in [6.07, 6.45) is 1.08. The molecule has 1 N–H and O–H groups in total. The molecule has 1 aliphatic rings. The summed E-state index contributed by atoms with van der Waals surface area (Å²) in [5.41, 5.74) is 0. The Hall–Kier alpha value is -0.330. The average Bonchev–Trinajstić information content (AvgIpc) is 2.06. The van der Waals surface area contributed by atoms with Gasteiger partial charge in [-0.05, 0) is 13.8 Å². The molecule has 0 spiro atoms. The van der Waals surface area contributed by atoms with Crippen molar-refractivity contribution in [3.63, 3.8) is 0 Å². The molecule has 0 aromatic heterocycles. The zero-order chi connectivity index (χ0) is 11.6. The van der Waals surface area contributed by atoms with Crippen molar-refractivity contribution in [1.29, 1.82) is 0 Å². The third kappa shape index (κ3) is 4.67. The Morgan fingerprint density at radius 3 is 2.50 bits per heavy atom. The summed E-state index contributed by atoms with van der Waals surface area (Å²) >= 11 is 0. The van der Waals surface area contributed by atoms with Gasteiger partial charge in [-0.25, -0.2) is 8.42 Å². The van der Waals surface area contributed by atoms with E-state index in [4.69, 9.17) is 0 Å². The van der Waals surface area contributed by atoms with Gasteiger partial charge in [-0.1, -0.05) is 0 Å². The Kier molecular flexibility index (Phi) is 5.72. The van der Waals surface area contributed by atoms with Crippen molar-refractivity contribution < 1.29 is 13.2 Å². The van der Waals surface area contributed by atoms with E-state index >= 15 is 0 Å². The lowest BCUT2D eigenvalue weighted by Crippen LogP contribution is -2.57. The van der Waals surface area contributed by atoms with E-state index in [0.29, 0.717) is 6.54 Å². The number of nitrogens with one attached hydrogen (secondary N) is 1. The van der Waals surface area contributed by atoms with Gasteiger partial charge in [0.15, 0.2) is 9.84 Å². The highest BCUT2D eigenvalue weighted by atomic mass is 35.5. The second-order valence-electron chi connectivity index (χ2n) is 4.27. The van der Waals surface area contributed by atoms with Crippen molar-refractivity contribution in [2.45, 2.75) is 25.9 Å². The summed E-state index contributed by atoms with van der Waals surface area (Å²) in [5, 5.41) is 3.24. The van der Waals surface area contributed by atoms with E-state index in [1.165, 1.54) is 0 Å². The van der Waals surface area contributed by atoms with Crippen LogP contribution in [-0.4, -0.2) is 56.4 Å². The minimum atomic E-state index is -3.23. The normalized spacial score (nSPS) is 26.1. The first-order chi connectivity index (χ1) is 6.79. The van der Waals surface area contributed by atoms with Crippen molar-refractivity contribution >= 4 is 28.2 Å². The van der Waals surface area contributed by atoms with Gasteiger partial charge in [-0.15, -0.1) is 12.4 Å². The third-order valence-corrected chi connectivity index (χ3v) is 3.24.